The average molecular weight is 409 g/mol. The van der Waals surface area contributed by atoms with Crippen LogP contribution in [0.2, 0.25) is 0 Å². The van der Waals surface area contributed by atoms with Crippen molar-refractivity contribution in [2.75, 3.05) is 6.54 Å². The molecule has 1 aromatic carbocycles. The number of nitrogens with one attached hydrogen (secondary N) is 2. The topological polar surface area (TPSA) is 87.7 Å². The highest BCUT2D eigenvalue weighted by atomic mass is 19.3. The fraction of sp³-hybridized carbons (Fsp3) is 0.550. The van der Waals surface area contributed by atoms with Gasteiger partial charge in [0.1, 0.15) is 17.8 Å². The fourth-order valence-corrected chi connectivity index (χ4v) is 3.93. The zero-order valence-corrected chi connectivity index (χ0v) is 16.4. The first-order chi connectivity index (χ1) is 13.7. The summed E-state index contributed by atoms with van der Waals surface area (Å²) in [6, 6.07) is 4.84. The first-order valence-electron chi connectivity index (χ1n) is 9.69. The van der Waals surface area contributed by atoms with Crippen molar-refractivity contribution in [3.05, 3.63) is 29.8 Å². The molecule has 2 aliphatic rings. The number of imide groups is 1. The molecule has 1 aliphatic heterocycles. The average Bonchev–Trinajstić information content (AvgIpc) is 2.88. The van der Waals surface area contributed by atoms with Gasteiger partial charge in [-0.2, -0.15) is 8.78 Å². The Labute approximate surface area is 167 Å². The van der Waals surface area contributed by atoms with E-state index in [9.17, 15) is 23.2 Å². The normalized spacial score (nSPS) is 27.1. The predicted octanol–water partition coefficient (Wildman–Crippen LogP) is 2.75. The second-order valence-corrected chi connectivity index (χ2v) is 7.79. The Bertz CT molecular complexity index is 786. The molecule has 0 aromatic heterocycles. The molecule has 158 valence electrons. The number of amides is 4. The van der Waals surface area contributed by atoms with Crippen LogP contribution in [0.3, 0.4) is 0 Å². The number of carbonyl (C=O) groups excluding carboxylic acids is 3. The Kier molecular flexibility index (Phi) is 6.04. The van der Waals surface area contributed by atoms with E-state index >= 15 is 0 Å². The molecule has 4 amide bonds. The van der Waals surface area contributed by atoms with Crippen molar-refractivity contribution < 1.29 is 27.9 Å². The molecule has 1 saturated carbocycles. The summed E-state index contributed by atoms with van der Waals surface area (Å²) >= 11 is 0. The van der Waals surface area contributed by atoms with Gasteiger partial charge in [0, 0.05) is 6.04 Å². The summed E-state index contributed by atoms with van der Waals surface area (Å²) in [6.45, 7) is 0.272. The Hall–Kier alpha value is -2.71. The van der Waals surface area contributed by atoms with E-state index in [1.165, 1.54) is 31.2 Å². The maximum Gasteiger partial charge on any atom is 0.387 e. The summed E-state index contributed by atoms with van der Waals surface area (Å²) in [5, 5.41) is 5.52. The molecule has 29 heavy (non-hydrogen) atoms. The van der Waals surface area contributed by atoms with E-state index in [0.29, 0.717) is 11.5 Å². The van der Waals surface area contributed by atoms with E-state index < -0.39 is 24.1 Å². The number of hydrogen-bond acceptors (Lipinski definition) is 4. The molecule has 7 nitrogen and oxygen atoms in total. The molecule has 3 rings (SSSR count). The molecular formula is C20H25F2N3O4. The summed E-state index contributed by atoms with van der Waals surface area (Å²) in [5.41, 5.74) is -0.986. The van der Waals surface area contributed by atoms with Crippen molar-refractivity contribution >= 4 is 17.8 Å². The summed E-state index contributed by atoms with van der Waals surface area (Å²) in [5.74, 6) is -0.647. The molecule has 0 bridgehead atoms. The summed E-state index contributed by atoms with van der Waals surface area (Å²) in [6.07, 6.45) is 4.11. The molecular weight excluding hydrogens is 384 g/mol. The van der Waals surface area contributed by atoms with Gasteiger partial charge in [-0.3, -0.25) is 14.5 Å². The molecule has 9 heteroatoms. The van der Waals surface area contributed by atoms with Crippen molar-refractivity contribution in [3.8, 4) is 5.75 Å². The van der Waals surface area contributed by atoms with Crippen LogP contribution in [0.15, 0.2) is 24.3 Å². The number of ether oxygens (including phenoxy) is 1. The van der Waals surface area contributed by atoms with Crippen molar-refractivity contribution in [2.24, 2.45) is 5.92 Å². The molecule has 1 heterocycles. The van der Waals surface area contributed by atoms with Gasteiger partial charge >= 0.3 is 12.6 Å². The van der Waals surface area contributed by atoms with Crippen LogP contribution >= 0.6 is 0 Å². The van der Waals surface area contributed by atoms with E-state index in [-0.39, 0.29) is 24.2 Å². The van der Waals surface area contributed by atoms with Gasteiger partial charge < -0.3 is 15.4 Å². The van der Waals surface area contributed by atoms with Crippen molar-refractivity contribution in [1.82, 2.24) is 15.5 Å². The smallest absolute Gasteiger partial charge is 0.387 e. The largest absolute Gasteiger partial charge is 0.435 e. The summed E-state index contributed by atoms with van der Waals surface area (Å²) < 4.78 is 28.9. The standard InChI is InChI=1S/C20H25F2N3O4/c1-12-5-3-4-6-15(12)23-16(26)11-25-17(27)20(2,24-19(25)28)13-7-9-14(10-8-13)29-18(21)22/h7-10,12,15,18H,3-6,11H2,1-2H3,(H,23,26)(H,24,28)/t12-,15-,20-/m0/s1. The molecule has 0 unspecified atom stereocenters. The van der Waals surface area contributed by atoms with E-state index in [4.69, 9.17) is 0 Å². The zero-order valence-electron chi connectivity index (χ0n) is 16.4. The highest BCUT2D eigenvalue weighted by Crippen LogP contribution is 2.30. The summed E-state index contributed by atoms with van der Waals surface area (Å²) in [7, 11) is 0. The summed E-state index contributed by atoms with van der Waals surface area (Å²) in [4.78, 5) is 38.6. The van der Waals surface area contributed by atoms with Crippen LogP contribution in [0, 0.1) is 5.92 Å². The quantitative estimate of drug-likeness (QED) is 0.708. The first-order valence-corrected chi connectivity index (χ1v) is 9.69. The lowest BCUT2D eigenvalue weighted by Gasteiger charge is -2.30. The van der Waals surface area contributed by atoms with Gasteiger partial charge in [-0.05, 0) is 43.4 Å². The number of alkyl halides is 2. The Balaban J connectivity index is 1.67. The minimum absolute atomic E-state index is 0.0470. The van der Waals surface area contributed by atoms with Crippen molar-refractivity contribution in [3.63, 3.8) is 0 Å². The number of rotatable bonds is 6. The molecule has 1 aromatic rings. The van der Waals surface area contributed by atoms with Gasteiger partial charge in [-0.1, -0.05) is 31.9 Å². The molecule has 0 spiro atoms. The molecule has 1 saturated heterocycles. The van der Waals surface area contributed by atoms with Crippen LogP contribution in [-0.4, -0.2) is 41.9 Å². The second kappa shape index (κ2) is 8.34. The minimum atomic E-state index is -2.95. The number of hydrogen-bond donors (Lipinski definition) is 2. The van der Waals surface area contributed by atoms with Crippen LogP contribution in [0.25, 0.3) is 0 Å². The number of benzene rings is 1. The highest BCUT2D eigenvalue weighted by molar-refractivity contribution is 6.09. The highest BCUT2D eigenvalue weighted by Gasteiger charge is 2.49. The number of urea groups is 1. The van der Waals surface area contributed by atoms with Gasteiger partial charge in [-0.25, -0.2) is 4.79 Å². The molecule has 2 fully saturated rings. The lowest BCUT2D eigenvalue weighted by atomic mass is 9.86. The third kappa shape index (κ3) is 4.49. The fourth-order valence-electron chi connectivity index (χ4n) is 3.93. The maximum absolute atomic E-state index is 12.9. The predicted molar refractivity (Wildman–Crippen MR) is 100 cm³/mol. The van der Waals surface area contributed by atoms with Crippen LogP contribution < -0.4 is 15.4 Å². The Morgan fingerprint density at radius 2 is 1.93 bits per heavy atom. The maximum atomic E-state index is 12.9. The van der Waals surface area contributed by atoms with Gasteiger partial charge in [0.05, 0.1) is 0 Å². The Morgan fingerprint density at radius 3 is 2.55 bits per heavy atom. The van der Waals surface area contributed by atoms with E-state index in [0.717, 1.165) is 30.6 Å². The lowest BCUT2D eigenvalue weighted by molar-refractivity contribution is -0.135. The molecule has 2 N–H and O–H groups in total. The van der Waals surface area contributed by atoms with E-state index in [1.54, 1.807) is 0 Å². The van der Waals surface area contributed by atoms with Crippen LogP contribution in [0.5, 0.6) is 5.75 Å². The van der Waals surface area contributed by atoms with E-state index in [1.807, 2.05) is 0 Å². The molecule has 3 atom stereocenters. The van der Waals surface area contributed by atoms with Gasteiger partial charge in [0.15, 0.2) is 0 Å². The number of nitrogens with zero attached hydrogens (tertiary/aromatic N) is 1. The minimum Gasteiger partial charge on any atom is -0.435 e. The van der Waals surface area contributed by atoms with Crippen molar-refractivity contribution in [2.45, 2.75) is 57.7 Å². The van der Waals surface area contributed by atoms with Gasteiger partial charge in [0.2, 0.25) is 5.91 Å². The third-order valence-corrected chi connectivity index (χ3v) is 5.69. The zero-order chi connectivity index (χ0) is 21.2. The second-order valence-electron chi connectivity index (χ2n) is 7.79. The Morgan fingerprint density at radius 1 is 1.28 bits per heavy atom. The molecule has 1 aliphatic carbocycles. The van der Waals surface area contributed by atoms with Gasteiger partial charge in [0.25, 0.3) is 5.91 Å². The third-order valence-electron chi connectivity index (χ3n) is 5.69. The van der Waals surface area contributed by atoms with Crippen LogP contribution in [-0.2, 0) is 15.1 Å². The monoisotopic (exact) mass is 409 g/mol. The van der Waals surface area contributed by atoms with Crippen LogP contribution in [0.1, 0.15) is 45.1 Å². The molecule has 0 radical (unpaired) electrons. The number of halogens is 2. The first kappa shape index (κ1) is 21.0. The van der Waals surface area contributed by atoms with Crippen LogP contribution in [0.4, 0.5) is 13.6 Å². The van der Waals surface area contributed by atoms with Crippen molar-refractivity contribution in [1.29, 1.82) is 0 Å². The number of carbonyl (C=O) groups is 3. The SMILES string of the molecule is C[C@H]1CCCC[C@@H]1NC(=O)CN1C(=O)N[C@@](C)(c2ccc(OC(F)F)cc2)C1=O. The lowest BCUT2D eigenvalue weighted by Crippen LogP contribution is -2.47. The van der Waals surface area contributed by atoms with Gasteiger partial charge in [-0.15, -0.1) is 0 Å². The van der Waals surface area contributed by atoms with E-state index in [2.05, 4.69) is 22.3 Å².